The number of benzene rings is 3. The van der Waals surface area contributed by atoms with Crippen LogP contribution in [-0.4, -0.2) is 22.1 Å². The molecule has 1 aliphatic carbocycles. The van der Waals surface area contributed by atoms with Crippen LogP contribution in [0, 0.1) is 6.07 Å². The van der Waals surface area contributed by atoms with E-state index in [1.165, 1.54) is 0 Å². The van der Waals surface area contributed by atoms with E-state index < -0.39 is 12.1 Å². The Kier molecular flexibility index (Phi) is 4.42. The number of phenolic OH excluding ortho intramolecular Hbond substituents is 1. The summed E-state index contributed by atoms with van der Waals surface area (Å²) in [5.41, 5.74) is 2.55. The van der Waals surface area contributed by atoms with Gasteiger partial charge in [-0.3, -0.25) is 4.99 Å². The van der Waals surface area contributed by atoms with Crippen LogP contribution >= 0.6 is 0 Å². The number of hydrogen-bond donors (Lipinski definition) is 1. The molecule has 6 heteroatoms. The SMILES string of the molecule is [2H][C@@]12Cc3ccccc3[C@]1([2H])N=C(c1[c-]c(Oc3ccc4cccc(O)c4n3)ccc1)O2.[Pt]. The molecule has 156 valence electrons. The number of rotatable bonds is 3. The molecule has 31 heavy (non-hydrogen) atoms. The number of pyridine rings is 1. The van der Waals surface area contributed by atoms with E-state index in [0.29, 0.717) is 34.7 Å². The number of hydrogen-bond acceptors (Lipinski definition) is 5. The van der Waals surface area contributed by atoms with E-state index >= 15 is 0 Å². The maximum absolute atomic E-state index is 10.1. The molecule has 3 aromatic carbocycles. The summed E-state index contributed by atoms with van der Waals surface area (Å²) < 4.78 is 29.5. The van der Waals surface area contributed by atoms with Crippen LogP contribution in [0.5, 0.6) is 17.4 Å². The van der Waals surface area contributed by atoms with Crippen molar-refractivity contribution < 1.29 is 38.4 Å². The maximum Gasteiger partial charge on any atom is 0.217 e. The summed E-state index contributed by atoms with van der Waals surface area (Å²) in [7, 11) is 0. The molecule has 4 aromatic rings. The minimum Gasteiger partial charge on any atom is -0.514 e. The quantitative estimate of drug-likeness (QED) is 0.343. The molecule has 0 saturated carbocycles. The number of nitrogens with zero attached hydrogens (tertiary/aromatic N) is 2. The third-order valence-corrected chi connectivity index (χ3v) is 5.21. The monoisotopic (exact) mass is 590 g/mol. The van der Waals surface area contributed by atoms with Gasteiger partial charge in [0.15, 0.2) is 0 Å². The standard InChI is InChI=1S/C25H17N2O3.Pt/c28-20-10-4-6-15-11-12-22(26-23(15)20)29-18-8-3-7-17(13-18)25-27-24-19-9-2-1-5-16(19)14-21(24)30-25;/h1-12,21,24,28H,14H2;/q-1;/t21-,24+;/m1./s1/i21D,24D;. The van der Waals surface area contributed by atoms with Gasteiger partial charge in [-0.1, -0.05) is 48.0 Å². The number of para-hydroxylation sites is 1. The normalized spacial score (nSPS) is 24.2. The van der Waals surface area contributed by atoms with Gasteiger partial charge in [-0.25, -0.2) is 4.98 Å². The molecule has 0 bridgehead atoms. The Balaban J connectivity index is 0.00000228. The molecule has 1 aromatic heterocycles. The van der Waals surface area contributed by atoms with E-state index in [4.69, 9.17) is 12.2 Å². The molecule has 1 N–H and O–H groups in total. The molecule has 1 aliphatic heterocycles. The minimum atomic E-state index is -1.53. The topological polar surface area (TPSA) is 63.9 Å². The van der Waals surface area contributed by atoms with Crippen LogP contribution < -0.4 is 4.74 Å². The smallest absolute Gasteiger partial charge is 0.217 e. The van der Waals surface area contributed by atoms with E-state index in [1.54, 1.807) is 36.4 Å². The first-order chi connectivity index (χ1) is 15.5. The van der Waals surface area contributed by atoms with Crippen LogP contribution in [-0.2, 0) is 32.2 Å². The summed E-state index contributed by atoms with van der Waals surface area (Å²) in [6.45, 7) is 0. The summed E-state index contributed by atoms with van der Waals surface area (Å²) in [5, 5.41) is 10.9. The maximum atomic E-state index is 10.1. The van der Waals surface area contributed by atoms with Gasteiger partial charge in [0.1, 0.15) is 29.3 Å². The van der Waals surface area contributed by atoms with Gasteiger partial charge in [0, 0.05) is 44.7 Å². The molecular weight excluding hydrogens is 571 g/mol. The molecule has 2 aliphatic rings. The van der Waals surface area contributed by atoms with Crippen LogP contribution in [0.3, 0.4) is 0 Å². The van der Waals surface area contributed by atoms with Crippen molar-refractivity contribution in [2.75, 3.05) is 0 Å². The zero-order valence-electron chi connectivity index (χ0n) is 18.1. The van der Waals surface area contributed by atoms with Crippen molar-refractivity contribution in [3.63, 3.8) is 0 Å². The first kappa shape index (κ1) is 17.5. The fraction of sp³-hybridized carbons (Fsp3) is 0.120. The second kappa shape index (κ2) is 7.82. The minimum absolute atomic E-state index is 0. The molecule has 0 amide bonds. The van der Waals surface area contributed by atoms with Crippen LogP contribution in [0.15, 0.2) is 77.8 Å². The van der Waals surface area contributed by atoms with E-state index in [1.807, 2.05) is 36.4 Å². The first-order valence-electron chi connectivity index (χ1n) is 10.6. The van der Waals surface area contributed by atoms with E-state index in [2.05, 4.69) is 16.0 Å². The van der Waals surface area contributed by atoms with Crippen LogP contribution in [0.4, 0.5) is 0 Å². The second-order valence-electron chi connectivity index (χ2n) is 7.15. The van der Waals surface area contributed by atoms with Crippen LogP contribution in [0.25, 0.3) is 10.9 Å². The second-order valence-corrected chi connectivity index (χ2v) is 7.15. The number of aliphatic imine (C=N–C) groups is 1. The Labute approximate surface area is 196 Å². The first-order valence-corrected chi connectivity index (χ1v) is 9.62. The Hall–Kier alpha value is -3.17. The van der Waals surface area contributed by atoms with Crippen molar-refractivity contribution in [1.29, 1.82) is 0 Å². The molecular formula is C25H17N2O3Pt-. The summed E-state index contributed by atoms with van der Waals surface area (Å²) in [6.07, 6.45) is -1.23. The van der Waals surface area contributed by atoms with Crippen molar-refractivity contribution in [2.45, 2.75) is 18.5 Å². The summed E-state index contributed by atoms with van der Waals surface area (Å²) in [5.74, 6) is 0.958. The van der Waals surface area contributed by atoms with Crippen molar-refractivity contribution in [1.82, 2.24) is 4.98 Å². The number of ether oxygens (including phenoxy) is 2. The van der Waals surface area contributed by atoms with E-state index in [-0.39, 0.29) is 32.7 Å². The average Bonchev–Trinajstić information content (AvgIpc) is 3.17. The van der Waals surface area contributed by atoms with Crippen molar-refractivity contribution in [2.24, 2.45) is 4.99 Å². The van der Waals surface area contributed by atoms with Crippen molar-refractivity contribution in [3.8, 4) is 17.4 Å². The number of aromatic nitrogens is 1. The third-order valence-electron chi connectivity index (χ3n) is 5.21. The van der Waals surface area contributed by atoms with Gasteiger partial charge in [-0.05, 0) is 23.3 Å². The molecule has 0 spiro atoms. The zero-order chi connectivity index (χ0) is 21.9. The summed E-state index contributed by atoms with van der Waals surface area (Å²) in [4.78, 5) is 8.88. The Morgan fingerprint density at radius 2 is 1.90 bits per heavy atom. The molecule has 6 rings (SSSR count). The molecule has 2 atom stereocenters. The van der Waals surface area contributed by atoms with E-state index in [9.17, 15) is 5.11 Å². The molecule has 0 fully saturated rings. The number of fused-ring (bicyclic) bond motifs is 4. The molecule has 2 heterocycles. The largest absolute Gasteiger partial charge is 0.514 e. The molecule has 0 unspecified atom stereocenters. The zero-order valence-corrected chi connectivity index (χ0v) is 18.4. The molecule has 0 radical (unpaired) electrons. The fourth-order valence-electron chi connectivity index (χ4n) is 3.79. The van der Waals surface area contributed by atoms with Gasteiger partial charge in [0.05, 0.1) is 2.74 Å². The van der Waals surface area contributed by atoms with Crippen LogP contribution in [0.2, 0.25) is 0 Å². The predicted octanol–water partition coefficient (Wildman–Crippen LogP) is 4.97. The summed E-state index contributed by atoms with van der Waals surface area (Å²) >= 11 is 0. The van der Waals surface area contributed by atoms with Gasteiger partial charge in [0.25, 0.3) is 0 Å². The van der Waals surface area contributed by atoms with Gasteiger partial charge in [-0.2, -0.15) is 0 Å². The van der Waals surface area contributed by atoms with Gasteiger partial charge in [-0.15, -0.1) is 18.2 Å². The number of phenols is 1. The fourth-order valence-corrected chi connectivity index (χ4v) is 3.79. The average molecular weight is 591 g/mol. The van der Waals surface area contributed by atoms with Crippen molar-refractivity contribution in [3.05, 3.63) is 95.6 Å². The van der Waals surface area contributed by atoms with Gasteiger partial charge in [0.2, 0.25) is 5.88 Å². The van der Waals surface area contributed by atoms with Gasteiger partial charge >= 0.3 is 0 Å². The molecule has 0 saturated heterocycles. The number of aromatic hydroxyl groups is 1. The van der Waals surface area contributed by atoms with Crippen molar-refractivity contribution >= 4 is 16.8 Å². The molecule has 5 nitrogen and oxygen atoms in total. The Bertz CT molecular complexity index is 1430. The Morgan fingerprint density at radius 1 is 1.03 bits per heavy atom. The predicted molar refractivity (Wildman–Crippen MR) is 113 cm³/mol. The van der Waals surface area contributed by atoms with Crippen LogP contribution in [0.1, 0.15) is 25.4 Å². The summed E-state index contributed by atoms with van der Waals surface area (Å²) in [6, 6.07) is 23.0. The third kappa shape index (κ3) is 3.49. The van der Waals surface area contributed by atoms with Gasteiger partial charge < -0.3 is 14.6 Å². The van der Waals surface area contributed by atoms with E-state index in [0.717, 1.165) is 10.9 Å². The Morgan fingerprint density at radius 3 is 2.84 bits per heavy atom.